The van der Waals surface area contributed by atoms with Gasteiger partial charge in [0.1, 0.15) is 0 Å². The Balaban J connectivity index is 2.96. The molecule has 0 bridgehead atoms. The van der Waals surface area contributed by atoms with Crippen LogP contribution in [0.25, 0.3) is 0 Å². The smallest absolute Gasteiger partial charge is 0.293 e. The quantitative estimate of drug-likeness (QED) is 0.456. The number of aromatic nitrogens is 3. The molecule has 1 heterocycles. The number of rotatable bonds is 1. The average Bonchev–Trinajstić information content (AvgIpc) is 2.14. The third kappa shape index (κ3) is 0.594. The maximum atomic E-state index is 4.28. The van der Waals surface area contributed by atoms with E-state index in [0.29, 0.717) is 0 Å². The van der Waals surface area contributed by atoms with E-state index >= 15 is 0 Å². The zero-order valence-electron chi connectivity index (χ0n) is 3.40. The molecule has 5 heteroatoms. The lowest BCUT2D eigenvalue weighted by atomic mass is 11.2. The Hall–Kier alpha value is -1.26. The van der Waals surface area contributed by atoms with Gasteiger partial charge in [0.2, 0.25) is 0 Å². The number of nitrogens with zero attached hydrogens (tertiary/aromatic N) is 4. The van der Waals surface area contributed by atoms with Gasteiger partial charge in [0.15, 0.2) is 0 Å². The first-order chi connectivity index (χ1) is 3.43. The second-order valence-corrected chi connectivity index (χ2v) is 0.803. The summed E-state index contributed by atoms with van der Waals surface area (Å²) in [5.41, 5.74) is 0. The van der Waals surface area contributed by atoms with E-state index < -0.39 is 0 Å². The van der Waals surface area contributed by atoms with Crippen LogP contribution in [0.4, 0.5) is 6.01 Å². The molecule has 1 rings (SSSR count). The summed E-state index contributed by atoms with van der Waals surface area (Å²) in [5, 5.41) is 9.39. The molecule has 0 spiro atoms. The van der Waals surface area contributed by atoms with Crippen molar-refractivity contribution < 1.29 is 4.52 Å². The van der Waals surface area contributed by atoms with Gasteiger partial charge in [-0.1, -0.05) is 5.10 Å². The predicted molar refractivity (Wildman–Crippen MR) is 21.3 cm³/mol. The monoisotopic (exact) mass is 98.0 g/mol. The van der Waals surface area contributed by atoms with Gasteiger partial charge in [0, 0.05) is 0 Å². The molecule has 0 fully saturated rings. The van der Waals surface area contributed by atoms with Crippen LogP contribution in [0.5, 0.6) is 0 Å². The normalized spacial score (nSPS) is 8.57. The summed E-state index contributed by atoms with van der Waals surface area (Å²) in [7, 11) is 0. The van der Waals surface area contributed by atoms with Gasteiger partial charge in [0.25, 0.3) is 0 Å². The first-order valence-corrected chi connectivity index (χ1v) is 1.55. The molecule has 0 aliphatic heterocycles. The SMILES string of the molecule is C=Nc1nnno1. The predicted octanol–water partition coefficient (Wildman–Crippen LogP) is -0.203. The van der Waals surface area contributed by atoms with Crippen molar-refractivity contribution in [3.05, 3.63) is 0 Å². The van der Waals surface area contributed by atoms with E-state index in [-0.39, 0.29) is 6.01 Å². The van der Waals surface area contributed by atoms with Gasteiger partial charge >= 0.3 is 6.01 Å². The maximum Gasteiger partial charge on any atom is 0.367 e. The molecule has 0 aliphatic carbocycles. The molecule has 0 aliphatic rings. The van der Waals surface area contributed by atoms with E-state index in [1.54, 1.807) is 0 Å². The lowest BCUT2D eigenvalue weighted by Crippen LogP contribution is -1.63. The van der Waals surface area contributed by atoms with E-state index in [1.807, 2.05) is 0 Å². The van der Waals surface area contributed by atoms with Crippen LogP contribution in [0, 0.1) is 0 Å². The summed E-state index contributed by atoms with van der Waals surface area (Å²) in [6.07, 6.45) is 0. The van der Waals surface area contributed by atoms with Crippen LogP contribution < -0.4 is 0 Å². The molecule has 0 atom stereocenters. The molecule has 0 amide bonds. The lowest BCUT2D eigenvalue weighted by molar-refractivity contribution is 0.402. The Morgan fingerprint density at radius 3 is 2.86 bits per heavy atom. The first-order valence-electron chi connectivity index (χ1n) is 1.55. The van der Waals surface area contributed by atoms with Crippen molar-refractivity contribution in [2.75, 3.05) is 0 Å². The zero-order valence-corrected chi connectivity index (χ0v) is 3.40. The van der Waals surface area contributed by atoms with Crippen LogP contribution in [0.15, 0.2) is 9.52 Å². The van der Waals surface area contributed by atoms with Gasteiger partial charge in [-0.3, -0.25) is 4.52 Å². The van der Waals surface area contributed by atoms with Crippen molar-refractivity contribution in [2.45, 2.75) is 0 Å². The molecule has 7 heavy (non-hydrogen) atoms. The standard InChI is InChI=1S/C2H2N4O/c1-3-2-4-5-6-7-2/h1H2. The van der Waals surface area contributed by atoms with Gasteiger partial charge in [-0.15, -0.1) is 0 Å². The fourth-order valence-electron chi connectivity index (χ4n) is 0.190. The summed E-state index contributed by atoms with van der Waals surface area (Å²) in [6.45, 7) is 3.12. The molecule has 0 unspecified atom stereocenters. The maximum absolute atomic E-state index is 4.28. The average molecular weight is 98.1 g/mol. The molecular formula is C2H2N4O. The number of hydrogen-bond donors (Lipinski definition) is 0. The molecule has 0 radical (unpaired) electrons. The molecule has 1 aromatic rings. The number of aliphatic imine (C=N–C) groups is 1. The van der Waals surface area contributed by atoms with E-state index in [4.69, 9.17) is 0 Å². The molecule has 0 saturated heterocycles. The highest BCUT2D eigenvalue weighted by molar-refractivity contribution is 5.31. The highest BCUT2D eigenvalue weighted by Gasteiger charge is 1.88. The fourth-order valence-corrected chi connectivity index (χ4v) is 0.190. The first kappa shape index (κ1) is 3.91. The Morgan fingerprint density at radius 2 is 2.57 bits per heavy atom. The van der Waals surface area contributed by atoms with Gasteiger partial charge in [-0.25, -0.2) is 4.99 Å². The number of hydrogen-bond acceptors (Lipinski definition) is 5. The van der Waals surface area contributed by atoms with Gasteiger partial charge < -0.3 is 0 Å². The Morgan fingerprint density at radius 1 is 1.71 bits per heavy atom. The minimum atomic E-state index is 0.0972. The minimum Gasteiger partial charge on any atom is -0.293 e. The second kappa shape index (κ2) is 1.46. The summed E-state index contributed by atoms with van der Waals surface area (Å²) < 4.78 is 4.28. The molecule has 0 N–H and O–H groups in total. The van der Waals surface area contributed by atoms with Crippen LogP contribution in [-0.4, -0.2) is 22.3 Å². The molecule has 36 valence electrons. The second-order valence-electron chi connectivity index (χ2n) is 0.803. The fraction of sp³-hybridized carbons (Fsp3) is 0. The Bertz CT molecular complexity index is 145. The van der Waals surface area contributed by atoms with Crippen molar-refractivity contribution in [2.24, 2.45) is 4.99 Å². The van der Waals surface area contributed by atoms with Crippen LogP contribution in [0.3, 0.4) is 0 Å². The van der Waals surface area contributed by atoms with Gasteiger partial charge in [-0.05, 0) is 11.9 Å². The minimum absolute atomic E-state index is 0.0972. The molecule has 1 aromatic heterocycles. The van der Waals surface area contributed by atoms with Crippen LogP contribution in [-0.2, 0) is 0 Å². The summed E-state index contributed by atoms with van der Waals surface area (Å²) in [6, 6.07) is 0.0972. The van der Waals surface area contributed by atoms with Crippen molar-refractivity contribution in [1.29, 1.82) is 0 Å². The Kier molecular flexibility index (Phi) is 0.816. The topological polar surface area (TPSA) is 64.2 Å². The Labute approximate surface area is 39.0 Å². The van der Waals surface area contributed by atoms with Gasteiger partial charge in [0.05, 0.1) is 5.27 Å². The van der Waals surface area contributed by atoms with E-state index in [9.17, 15) is 0 Å². The van der Waals surface area contributed by atoms with Crippen LogP contribution in [0.1, 0.15) is 0 Å². The van der Waals surface area contributed by atoms with Crippen molar-refractivity contribution in [3.63, 3.8) is 0 Å². The highest BCUT2D eigenvalue weighted by Crippen LogP contribution is 1.96. The summed E-state index contributed by atoms with van der Waals surface area (Å²) >= 11 is 0. The van der Waals surface area contributed by atoms with Crippen molar-refractivity contribution in [1.82, 2.24) is 15.6 Å². The van der Waals surface area contributed by atoms with E-state index in [0.717, 1.165) is 0 Å². The highest BCUT2D eigenvalue weighted by atomic mass is 16.5. The summed E-state index contributed by atoms with van der Waals surface area (Å²) in [5.74, 6) is 0. The lowest BCUT2D eigenvalue weighted by Gasteiger charge is -1.64. The molecule has 0 aromatic carbocycles. The molecule has 0 saturated carbocycles. The zero-order chi connectivity index (χ0) is 5.11. The third-order valence-electron chi connectivity index (χ3n) is 0.425. The molecular weight excluding hydrogens is 96.0 g/mol. The van der Waals surface area contributed by atoms with E-state index in [1.165, 1.54) is 0 Å². The van der Waals surface area contributed by atoms with Crippen molar-refractivity contribution >= 4 is 12.7 Å². The van der Waals surface area contributed by atoms with Crippen LogP contribution in [0.2, 0.25) is 0 Å². The largest absolute Gasteiger partial charge is 0.367 e. The van der Waals surface area contributed by atoms with Crippen molar-refractivity contribution in [3.8, 4) is 0 Å². The van der Waals surface area contributed by atoms with Gasteiger partial charge in [-0.2, -0.15) is 0 Å². The molecule has 5 nitrogen and oxygen atoms in total. The van der Waals surface area contributed by atoms with E-state index in [2.05, 4.69) is 31.8 Å². The van der Waals surface area contributed by atoms with Crippen LogP contribution >= 0.6 is 0 Å². The summed E-state index contributed by atoms with van der Waals surface area (Å²) in [4.78, 5) is 3.28. The third-order valence-corrected chi connectivity index (χ3v) is 0.425.